The van der Waals surface area contributed by atoms with Gasteiger partial charge in [0.2, 0.25) is 0 Å². The van der Waals surface area contributed by atoms with E-state index in [1.807, 2.05) is 23.4 Å². The Hall–Kier alpha value is -1.99. The highest BCUT2D eigenvalue weighted by Crippen LogP contribution is 2.30. The second kappa shape index (κ2) is 6.02. The van der Waals surface area contributed by atoms with Gasteiger partial charge in [-0.2, -0.15) is 4.99 Å². The molecule has 0 aliphatic carbocycles. The summed E-state index contributed by atoms with van der Waals surface area (Å²) >= 11 is 7.38. The normalized spacial score (nSPS) is 14.8. The van der Waals surface area contributed by atoms with Crippen molar-refractivity contribution in [3.8, 4) is 5.75 Å². The van der Waals surface area contributed by atoms with Crippen molar-refractivity contribution in [2.45, 2.75) is 6.92 Å². The molecule has 0 bridgehead atoms. The molecule has 0 radical (unpaired) electrons. The number of aromatic nitrogens is 1. The van der Waals surface area contributed by atoms with Crippen molar-refractivity contribution < 1.29 is 9.84 Å². The Morgan fingerprint density at radius 2 is 2.14 bits per heavy atom. The fourth-order valence-electron chi connectivity index (χ4n) is 2.06. The van der Waals surface area contributed by atoms with Gasteiger partial charge in [-0.15, -0.1) is 4.40 Å². The van der Waals surface area contributed by atoms with E-state index in [9.17, 15) is 5.11 Å². The summed E-state index contributed by atoms with van der Waals surface area (Å²) in [4.78, 5) is 8.85. The van der Waals surface area contributed by atoms with Crippen LogP contribution in [0.4, 0.5) is 0 Å². The smallest absolute Gasteiger partial charge is 0.326 e. The van der Waals surface area contributed by atoms with Crippen molar-refractivity contribution in [3.63, 3.8) is 0 Å². The number of aromatic hydroxyl groups is 1. The van der Waals surface area contributed by atoms with Gasteiger partial charge in [0.05, 0.1) is 24.3 Å². The second-order valence-electron chi connectivity index (χ2n) is 4.45. The summed E-state index contributed by atoms with van der Waals surface area (Å²) in [5.41, 5.74) is 1.05. The molecule has 2 aromatic rings. The summed E-state index contributed by atoms with van der Waals surface area (Å²) in [7, 11) is 1.52. The summed E-state index contributed by atoms with van der Waals surface area (Å²) in [5.74, 6) is 0.703. The third-order valence-corrected chi connectivity index (χ3v) is 4.33. The predicted octanol–water partition coefficient (Wildman–Crippen LogP) is 3.24. The predicted molar refractivity (Wildman–Crippen MR) is 89.4 cm³/mol. The van der Waals surface area contributed by atoms with Crippen molar-refractivity contribution in [1.82, 2.24) is 9.29 Å². The molecule has 22 heavy (non-hydrogen) atoms. The number of phenols is 1. The molecule has 1 aromatic carbocycles. The van der Waals surface area contributed by atoms with Gasteiger partial charge in [-0.3, -0.25) is 4.31 Å². The second-order valence-corrected chi connectivity index (χ2v) is 5.64. The zero-order valence-electron chi connectivity index (χ0n) is 11.9. The van der Waals surface area contributed by atoms with Crippen LogP contribution in [0.5, 0.6) is 5.75 Å². The number of halogens is 1. The lowest BCUT2D eigenvalue weighted by molar-refractivity contribution is 0.397. The molecule has 0 saturated carbocycles. The average molecular weight is 337 g/mol. The topological polar surface area (TPSA) is 70.3 Å². The Labute approximate surface area is 136 Å². The molecule has 8 heteroatoms. The van der Waals surface area contributed by atoms with Crippen molar-refractivity contribution in [3.05, 3.63) is 35.0 Å². The lowest BCUT2D eigenvalue weighted by Gasteiger charge is -2.23. The molecule has 0 spiro atoms. The van der Waals surface area contributed by atoms with Gasteiger partial charge >= 0.3 is 6.02 Å². The minimum atomic E-state index is 0.0778. The van der Waals surface area contributed by atoms with E-state index in [0.717, 1.165) is 0 Å². The van der Waals surface area contributed by atoms with E-state index < -0.39 is 0 Å². The molecule has 3 rings (SSSR count). The zero-order chi connectivity index (χ0) is 15.7. The van der Waals surface area contributed by atoms with Crippen LogP contribution in [0.1, 0.15) is 12.6 Å². The molecule has 0 fully saturated rings. The van der Waals surface area contributed by atoms with Crippen LogP contribution in [0.3, 0.4) is 0 Å². The highest BCUT2D eigenvalue weighted by Gasteiger charge is 2.21. The van der Waals surface area contributed by atoms with E-state index >= 15 is 0 Å². The van der Waals surface area contributed by atoms with Gasteiger partial charge in [0, 0.05) is 11.9 Å². The van der Waals surface area contributed by atoms with Crippen molar-refractivity contribution in [2.75, 3.05) is 13.7 Å². The molecular weight excluding hydrogens is 324 g/mol. The quantitative estimate of drug-likeness (QED) is 0.852. The van der Waals surface area contributed by atoms with Gasteiger partial charge in [0.15, 0.2) is 5.84 Å². The number of hydrogen-bond donors (Lipinski definition) is 1. The van der Waals surface area contributed by atoms with E-state index in [-0.39, 0.29) is 11.8 Å². The maximum atomic E-state index is 10.0. The van der Waals surface area contributed by atoms with E-state index in [4.69, 9.17) is 16.3 Å². The van der Waals surface area contributed by atoms with Gasteiger partial charge in [-0.05, 0) is 31.2 Å². The van der Waals surface area contributed by atoms with Crippen LogP contribution in [-0.2, 0) is 4.74 Å². The molecule has 114 valence electrons. The number of pyridine rings is 1. The molecule has 1 aliphatic rings. The molecule has 0 atom stereocenters. The maximum absolute atomic E-state index is 10.0. The van der Waals surface area contributed by atoms with Crippen molar-refractivity contribution >= 4 is 46.5 Å². The first kappa shape index (κ1) is 14.9. The van der Waals surface area contributed by atoms with E-state index in [1.54, 1.807) is 6.07 Å². The summed E-state index contributed by atoms with van der Waals surface area (Å²) in [6, 6.07) is 7.08. The molecule has 0 unspecified atom stereocenters. The molecule has 6 nitrogen and oxygen atoms in total. The first-order chi connectivity index (χ1) is 10.6. The summed E-state index contributed by atoms with van der Waals surface area (Å²) in [6.45, 7) is 2.69. The number of rotatable bonds is 2. The van der Waals surface area contributed by atoms with Crippen molar-refractivity contribution in [1.29, 1.82) is 0 Å². The molecule has 1 aromatic heterocycles. The number of fused-ring (bicyclic) bond motifs is 1. The van der Waals surface area contributed by atoms with Crippen molar-refractivity contribution in [2.24, 2.45) is 9.39 Å². The standard InChI is InChI=1S/C14H13ClN4O2S/c1-3-19-13(17-14(21-2)18-22-19)10-6-4-8-9(15)5-7-11(20)12(8)16-10/h4-7,20H,3H2,1-2H3. The van der Waals surface area contributed by atoms with Gasteiger partial charge < -0.3 is 9.84 Å². The molecule has 2 heterocycles. The van der Waals surface area contributed by atoms with E-state index in [2.05, 4.69) is 14.4 Å². The number of hydrogen-bond acceptors (Lipinski definition) is 7. The number of nitrogens with zero attached hydrogens (tertiary/aromatic N) is 4. The first-order valence-electron chi connectivity index (χ1n) is 6.58. The average Bonchev–Trinajstić information content (AvgIpc) is 2.57. The van der Waals surface area contributed by atoms with Crippen LogP contribution in [0.2, 0.25) is 5.02 Å². The number of amidine groups is 2. The fraction of sp³-hybridized carbons (Fsp3) is 0.214. The number of ether oxygens (including phenoxy) is 1. The minimum Gasteiger partial charge on any atom is -0.506 e. The SMILES string of the molecule is CCN1SN=C(OC)N=C1c1ccc2c(Cl)ccc(O)c2n1. The Morgan fingerprint density at radius 1 is 1.32 bits per heavy atom. The molecule has 0 saturated heterocycles. The summed E-state index contributed by atoms with van der Waals surface area (Å²) in [6.07, 6.45) is 0. The Balaban J connectivity index is 2.14. The number of benzene rings is 1. The Bertz CT molecular complexity index is 794. The van der Waals surface area contributed by atoms with E-state index in [0.29, 0.717) is 34.0 Å². The van der Waals surface area contributed by atoms with Crippen LogP contribution in [-0.4, -0.2) is 39.9 Å². The third kappa shape index (κ3) is 2.57. The third-order valence-electron chi connectivity index (χ3n) is 3.14. The van der Waals surface area contributed by atoms with Gasteiger partial charge in [0.25, 0.3) is 0 Å². The lowest BCUT2D eigenvalue weighted by atomic mass is 10.2. The molecule has 1 aliphatic heterocycles. The van der Waals surface area contributed by atoms with Gasteiger partial charge in [0.1, 0.15) is 17.0 Å². The van der Waals surface area contributed by atoms with Gasteiger partial charge in [-0.1, -0.05) is 11.6 Å². The van der Waals surface area contributed by atoms with Crippen LogP contribution in [0.25, 0.3) is 10.9 Å². The summed E-state index contributed by atoms with van der Waals surface area (Å²) < 4.78 is 11.1. The van der Waals surface area contributed by atoms with Crippen LogP contribution in [0, 0.1) is 0 Å². The molecule has 1 N–H and O–H groups in total. The Morgan fingerprint density at radius 3 is 2.86 bits per heavy atom. The van der Waals surface area contributed by atoms with Gasteiger partial charge in [-0.25, -0.2) is 4.98 Å². The summed E-state index contributed by atoms with van der Waals surface area (Å²) in [5, 5.41) is 11.2. The van der Waals surface area contributed by atoms with Crippen LogP contribution < -0.4 is 0 Å². The highest BCUT2D eigenvalue weighted by atomic mass is 35.5. The monoisotopic (exact) mass is 336 g/mol. The fourth-order valence-corrected chi connectivity index (χ4v) is 2.88. The van der Waals surface area contributed by atoms with Crippen LogP contribution in [0.15, 0.2) is 33.7 Å². The first-order valence-corrected chi connectivity index (χ1v) is 7.68. The highest BCUT2D eigenvalue weighted by molar-refractivity contribution is 7.96. The van der Waals surface area contributed by atoms with Crippen LogP contribution >= 0.6 is 23.7 Å². The lowest BCUT2D eigenvalue weighted by Crippen LogP contribution is -2.29. The minimum absolute atomic E-state index is 0.0778. The zero-order valence-corrected chi connectivity index (χ0v) is 13.5. The Kier molecular flexibility index (Phi) is 4.08. The molecular formula is C14H13ClN4O2S. The number of aliphatic imine (C=N–C) groups is 1. The van der Waals surface area contributed by atoms with E-state index in [1.165, 1.54) is 25.3 Å². The molecule has 0 amide bonds. The largest absolute Gasteiger partial charge is 0.506 e. The maximum Gasteiger partial charge on any atom is 0.326 e. The number of methoxy groups -OCH3 is 1. The number of phenolic OH excluding ortho intramolecular Hbond substituents is 1.